The summed E-state index contributed by atoms with van der Waals surface area (Å²) in [6, 6.07) is 10.8. The molecule has 3 aliphatic rings. The highest BCUT2D eigenvalue weighted by atomic mass is 16.5. The van der Waals surface area contributed by atoms with E-state index >= 15 is 0 Å². The average Bonchev–Trinajstić information content (AvgIpc) is 3.32. The molecule has 0 bridgehead atoms. The van der Waals surface area contributed by atoms with E-state index in [2.05, 4.69) is 0 Å². The Morgan fingerprint density at radius 2 is 1.51 bits per heavy atom. The monoisotopic (exact) mass is 474 g/mol. The lowest BCUT2D eigenvalue weighted by molar-refractivity contribution is -0.139. The van der Waals surface area contributed by atoms with Crippen molar-refractivity contribution in [3.63, 3.8) is 0 Å². The van der Waals surface area contributed by atoms with Crippen LogP contribution in [0.15, 0.2) is 36.4 Å². The number of hydrogen-bond donors (Lipinski definition) is 0. The minimum atomic E-state index is -0.564. The lowest BCUT2D eigenvalue weighted by atomic mass is 9.81. The number of aryl methyl sites for hydroxylation is 3. The molecule has 35 heavy (non-hydrogen) atoms. The molecule has 7 heteroatoms. The number of carbonyl (C=O) groups excluding carboxylic acids is 4. The van der Waals surface area contributed by atoms with E-state index < -0.39 is 11.9 Å². The number of rotatable bonds is 4. The van der Waals surface area contributed by atoms with Crippen molar-refractivity contribution in [1.82, 2.24) is 0 Å². The minimum absolute atomic E-state index is 0.0941. The molecule has 3 atom stereocenters. The van der Waals surface area contributed by atoms with Gasteiger partial charge < -0.3 is 9.64 Å². The molecular formula is C28H30N2O5. The zero-order valence-electron chi connectivity index (χ0n) is 20.4. The first-order valence-corrected chi connectivity index (χ1v) is 12.3. The molecule has 0 radical (unpaired) electrons. The maximum absolute atomic E-state index is 12.9. The summed E-state index contributed by atoms with van der Waals surface area (Å²) < 4.78 is 5.63. The van der Waals surface area contributed by atoms with E-state index in [-0.39, 0.29) is 42.5 Å². The number of carbonyl (C=O) groups is 4. The Morgan fingerprint density at radius 1 is 0.886 bits per heavy atom. The number of benzene rings is 2. The Hall–Kier alpha value is -3.48. The zero-order valence-corrected chi connectivity index (χ0v) is 20.4. The van der Waals surface area contributed by atoms with E-state index in [1.165, 1.54) is 4.90 Å². The highest BCUT2D eigenvalue weighted by Crippen LogP contribution is 2.41. The fourth-order valence-electron chi connectivity index (χ4n) is 5.85. The SMILES string of the molecule is Cc1cc(OC(=O)[C@H]2CC(=O)N(c3c(C)cccc3C)C2)ccc1N1C(=O)[C@H]2CCCC[C@H]2C1=O. The first kappa shape index (κ1) is 23.3. The summed E-state index contributed by atoms with van der Waals surface area (Å²) in [5.74, 6) is -1.45. The summed E-state index contributed by atoms with van der Waals surface area (Å²) in [5.41, 5.74) is 4.07. The summed E-state index contributed by atoms with van der Waals surface area (Å²) in [5, 5.41) is 0. The van der Waals surface area contributed by atoms with Gasteiger partial charge in [-0.15, -0.1) is 0 Å². The lowest BCUT2D eigenvalue weighted by Gasteiger charge is -2.21. The summed E-state index contributed by atoms with van der Waals surface area (Å²) >= 11 is 0. The number of fused-ring (bicyclic) bond motifs is 1. The van der Waals surface area contributed by atoms with Crippen LogP contribution in [-0.2, 0) is 19.2 Å². The molecule has 2 aromatic carbocycles. The largest absolute Gasteiger partial charge is 0.426 e. The average molecular weight is 475 g/mol. The van der Waals surface area contributed by atoms with Gasteiger partial charge in [-0.2, -0.15) is 0 Å². The van der Waals surface area contributed by atoms with Crippen molar-refractivity contribution in [2.75, 3.05) is 16.3 Å². The molecule has 0 spiro atoms. The number of hydrogen-bond acceptors (Lipinski definition) is 5. The van der Waals surface area contributed by atoms with E-state index in [0.29, 0.717) is 17.0 Å². The highest BCUT2D eigenvalue weighted by molar-refractivity contribution is 6.22. The third-order valence-electron chi connectivity index (χ3n) is 7.64. The third kappa shape index (κ3) is 4.03. The standard InChI is InChI=1S/C28H30N2O5/c1-16-7-6-8-17(2)25(16)29-15-19(14-24(29)31)28(34)35-20-11-12-23(18(3)13-20)30-26(32)21-9-4-5-10-22(21)27(30)33/h6-8,11-13,19,21-22H,4-5,9-10,14-15H2,1-3H3/t19-,21-,22+/m0/s1. The van der Waals surface area contributed by atoms with Gasteiger partial charge in [0.25, 0.3) is 0 Å². The van der Waals surface area contributed by atoms with E-state index in [0.717, 1.165) is 42.5 Å². The molecule has 2 aliphatic heterocycles. The fourth-order valence-corrected chi connectivity index (χ4v) is 5.85. The van der Waals surface area contributed by atoms with E-state index in [9.17, 15) is 19.2 Å². The van der Waals surface area contributed by atoms with Crippen LogP contribution in [0.2, 0.25) is 0 Å². The van der Waals surface area contributed by atoms with E-state index in [1.54, 1.807) is 30.0 Å². The summed E-state index contributed by atoms with van der Waals surface area (Å²) in [6.07, 6.45) is 3.58. The quantitative estimate of drug-likeness (QED) is 0.376. The van der Waals surface area contributed by atoms with Gasteiger partial charge >= 0.3 is 5.97 Å². The van der Waals surface area contributed by atoms with Crippen LogP contribution in [0.4, 0.5) is 11.4 Å². The van der Waals surface area contributed by atoms with Crippen molar-refractivity contribution in [3.05, 3.63) is 53.1 Å². The Balaban J connectivity index is 1.30. The second-order valence-electron chi connectivity index (χ2n) is 10.0. The van der Waals surface area contributed by atoms with Crippen molar-refractivity contribution in [2.24, 2.45) is 17.8 Å². The number of esters is 1. The van der Waals surface area contributed by atoms with Gasteiger partial charge in [0.1, 0.15) is 5.75 Å². The summed E-state index contributed by atoms with van der Waals surface area (Å²) in [6.45, 7) is 5.99. The number of ether oxygens (including phenoxy) is 1. The van der Waals surface area contributed by atoms with Crippen molar-refractivity contribution in [1.29, 1.82) is 0 Å². The molecule has 2 saturated heterocycles. The Morgan fingerprint density at radius 3 is 2.11 bits per heavy atom. The van der Waals surface area contributed by atoms with Gasteiger partial charge in [-0.05, 0) is 68.5 Å². The predicted octanol–water partition coefficient (Wildman–Crippen LogP) is 4.25. The smallest absolute Gasteiger partial charge is 0.316 e. The van der Waals surface area contributed by atoms with Crippen LogP contribution in [0.3, 0.4) is 0 Å². The number of imide groups is 1. The van der Waals surface area contributed by atoms with Crippen LogP contribution < -0.4 is 14.5 Å². The van der Waals surface area contributed by atoms with Crippen LogP contribution in [0.5, 0.6) is 5.75 Å². The molecule has 1 aliphatic carbocycles. The molecule has 2 aromatic rings. The van der Waals surface area contributed by atoms with E-state index in [4.69, 9.17) is 4.74 Å². The third-order valence-corrected chi connectivity index (χ3v) is 7.64. The number of anilines is 2. The normalized spacial score (nSPS) is 24.2. The molecule has 3 fully saturated rings. The van der Waals surface area contributed by atoms with Crippen LogP contribution in [0, 0.1) is 38.5 Å². The molecule has 3 amide bonds. The Bertz CT molecular complexity index is 1190. The lowest BCUT2D eigenvalue weighted by Crippen LogP contribution is -2.31. The van der Waals surface area contributed by atoms with Gasteiger partial charge in [0.2, 0.25) is 17.7 Å². The molecule has 0 aromatic heterocycles. The van der Waals surface area contributed by atoms with E-state index in [1.807, 2.05) is 32.0 Å². The van der Waals surface area contributed by atoms with Gasteiger partial charge in [-0.3, -0.25) is 19.2 Å². The zero-order chi connectivity index (χ0) is 24.9. The molecule has 0 N–H and O–H groups in total. The first-order chi connectivity index (χ1) is 16.8. The fraction of sp³-hybridized carbons (Fsp3) is 0.429. The molecule has 2 heterocycles. The predicted molar refractivity (Wildman–Crippen MR) is 131 cm³/mol. The second-order valence-corrected chi connectivity index (χ2v) is 10.0. The van der Waals surface area contributed by atoms with Gasteiger partial charge in [0.15, 0.2) is 0 Å². The van der Waals surface area contributed by atoms with Crippen molar-refractivity contribution < 1.29 is 23.9 Å². The molecular weight excluding hydrogens is 444 g/mol. The molecule has 0 unspecified atom stereocenters. The molecule has 182 valence electrons. The molecule has 7 nitrogen and oxygen atoms in total. The maximum atomic E-state index is 12.9. The summed E-state index contributed by atoms with van der Waals surface area (Å²) in [7, 11) is 0. The van der Waals surface area contributed by atoms with Crippen LogP contribution >= 0.6 is 0 Å². The minimum Gasteiger partial charge on any atom is -0.426 e. The van der Waals surface area contributed by atoms with Crippen molar-refractivity contribution in [2.45, 2.75) is 52.9 Å². The van der Waals surface area contributed by atoms with Crippen LogP contribution in [0.25, 0.3) is 0 Å². The van der Waals surface area contributed by atoms with Crippen molar-refractivity contribution in [3.8, 4) is 5.75 Å². The van der Waals surface area contributed by atoms with Gasteiger partial charge in [0, 0.05) is 18.7 Å². The van der Waals surface area contributed by atoms with Crippen LogP contribution in [0.1, 0.15) is 48.8 Å². The summed E-state index contributed by atoms with van der Waals surface area (Å²) in [4.78, 5) is 54.5. The Kier molecular flexibility index (Phi) is 5.95. The first-order valence-electron chi connectivity index (χ1n) is 12.3. The molecule has 5 rings (SSSR count). The maximum Gasteiger partial charge on any atom is 0.316 e. The number of nitrogens with zero attached hydrogens (tertiary/aromatic N) is 2. The molecule has 1 saturated carbocycles. The second kappa shape index (κ2) is 8.95. The Labute approximate surface area is 205 Å². The number of para-hydroxylation sites is 1. The van der Waals surface area contributed by atoms with Gasteiger partial charge in [-0.1, -0.05) is 31.0 Å². The van der Waals surface area contributed by atoms with Crippen molar-refractivity contribution >= 4 is 35.1 Å². The van der Waals surface area contributed by atoms with Crippen LogP contribution in [-0.4, -0.2) is 30.2 Å². The highest BCUT2D eigenvalue weighted by Gasteiger charge is 2.49. The topological polar surface area (TPSA) is 84.0 Å². The van der Waals surface area contributed by atoms with Gasteiger partial charge in [0.05, 0.1) is 23.4 Å². The van der Waals surface area contributed by atoms with Gasteiger partial charge in [-0.25, -0.2) is 4.90 Å². The number of amides is 3.